The Morgan fingerprint density at radius 1 is 0.971 bits per heavy atom. The molecule has 0 saturated heterocycles. The van der Waals surface area contributed by atoms with Crippen molar-refractivity contribution < 1.29 is 4.79 Å². The molecule has 1 N–H and O–H groups in total. The summed E-state index contributed by atoms with van der Waals surface area (Å²) in [6.07, 6.45) is 3.37. The van der Waals surface area contributed by atoms with Gasteiger partial charge in [0.2, 0.25) is 0 Å². The minimum atomic E-state index is -0.355. The van der Waals surface area contributed by atoms with E-state index in [1.807, 2.05) is 60.8 Å². The Kier molecular flexibility index (Phi) is 6.15. The number of amides is 1. The molecule has 0 aliphatic carbocycles. The SMILES string of the molecule is Cc1cccnc1-c1csc(NC(=O)c2cn(-c3ccccc3Cl)nc2-c2ccccc2Cl)n1. The van der Waals surface area contributed by atoms with E-state index in [2.05, 4.69) is 20.4 Å². The van der Waals surface area contributed by atoms with Crippen LogP contribution in [0.15, 0.2) is 78.4 Å². The summed E-state index contributed by atoms with van der Waals surface area (Å²) in [5.41, 5.74) is 4.58. The molecule has 0 saturated carbocycles. The number of hydrogen-bond acceptors (Lipinski definition) is 5. The zero-order chi connectivity index (χ0) is 23.7. The fourth-order valence-electron chi connectivity index (χ4n) is 3.51. The topological polar surface area (TPSA) is 72.7 Å². The summed E-state index contributed by atoms with van der Waals surface area (Å²) in [5, 5.41) is 10.9. The monoisotopic (exact) mass is 505 g/mol. The molecule has 34 heavy (non-hydrogen) atoms. The van der Waals surface area contributed by atoms with Crippen molar-refractivity contribution in [3.63, 3.8) is 0 Å². The lowest BCUT2D eigenvalue weighted by molar-refractivity contribution is 0.102. The van der Waals surface area contributed by atoms with Crippen LogP contribution in [0.4, 0.5) is 5.13 Å². The molecule has 0 unspecified atom stereocenters. The molecule has 1 amide bonds. The smallest absolute Gasteiger partial charge is 0.261 e. The first kappa shape index (κ1) is 22.3. The molecule has 0 radical (unpaired) electrons. The molecule has 3 aromatic heterocycles. The zero-order valence-electron chi connectivity index (χ0n) is 17.9. The zero-order valence-corrected chi connectivity index (χ0v) is 20.2. The summed E-state index contributed by atoms with van der Waals surface area (Å²) < 4.78 is 1.58. The van der Waals surface area contributed by atoms with Gasteiger partial charge in [0.05, 0.1) is 27.0 Å². The second-order valence-corrected chi connectivity index (χ2v) is 9.10. The van der Waals surface area contributed by atoms with Gasteiger partial charge in [0.25, 0.3) is 5.91 Å². The van der Waals surface area contributed by atoms with Crippen molar-refractivity contribution in [2.75, 3.05) is 5.32 Å². The summed E-state index contributed by atoms with van der Waals surface area (Å²) in [6.45, 7) is 1.97. The van der Waals surface area contributed by atoms with E-state index in [-0.39, 0.29) is 5.91 Å². The number of halogens is 2. The number of aryl methyl sites for hydroxylation is 1. The van der Waals surface area contributed by atoms with E-state index < -0.39 is 0 Å². The maximum absolute atomic E-state index is 13.4. The molecule has 0 spiro atoms. The molecule has 168 valence electrons. The molecular weight excluding hydrogens is 489 g/mol. The number of hydrogen-bond donors (Lipinski definition) is 1. The van der Waals surface area contributed by atoms with Gasteiger partial charge in [-0.2, -0.15) is 5.10 Å². The number of carbonyl (C=O) groups excluding carboxylic acids is 1. The second kappa shape index (κ2) is 9.38. The molecule has 9 heteroatoms. The molecule has 5 rings (SSSR count). The Balaban J connectivity index is 1.53. The van der Waals surface area contributed by atoms with Gasteiger partial charge in [-0.25, -0.2) is 9.67 Å². The van der Waals surface area contributed by atoms with Crippen LogP contribution in [0.3, 0.4) is 0 Å². The fraction of sp³-hybridized carbons (Fsp3) is 0.0400. The predicted molar refractivity (Wildman–Crippen MR) is 137 cm³/mol. The first-order chi connectivity index (χ1) is 16.5. The number of pyridine rings is 1. The standard InChI is InChI=1S/C25H17Cl2N5OS/c1-15-7-6-12-28-22(15)20-14-34-25(29-20)30-24(33)17-13-32(21-11-5-4-10-19(21)27)31-23(17)16-8-2-3-9-18(16)26/h2-14H,1H3,(H,29,30,33). The lowest BCUT2D eigenvalue weighted by Crippen LogP contribution is -2.12. The van der Waals surface area contributed by atoms with E-state index >= 15 is 0 Å². The number of nitrogens with one attached hydrogen (secondary N) is 1. The minimum absolute atomic E-state index is 0.346. The van der Waals surface area contributed by atoms with Crippen molar-refractivity contribution in [1.29, 1.82) is 0 Å². The van der Waals surface area contributed by atoms with Crippen molar-refractivity contribution in [3.8, 4) is 28.3 Å². The van der Waals surface area contributed by atoms with Crippen LogP contribution < -0.4 is 5.32 Å². The van der Waals surface area contributed by atoms with E-state index in [1.54, 1.807) is 29.2 Å². The van der Waals surface area contributed by atoms with Crippen LogP contribution >= 0.6 is 34.5 Å². The molecule has 0 aliphatic heterocycles. The fourth-order valence-corrected chi connectivity index (χ4v) is 4.65. The second-order valence-electron chi connectivity index (χ2n) is 7.43. The molecule has 3 heterocycles. The summed E-state index contributed by atoms with van der Waals surface area (Å²) in [5.74, 6) is -0.355. The summed E-state index contributed by atoms with van der Waals surface area (Å²) in [7, 11) is 0. The van der Waals surface area contributed by atoms with Gasteiger partial charge >= 0.3 is 0 Å². The van der Waals surface area contributed by atoms with Gasteiger partial charge in [-0.3, -0.25) is 15.1 Å². The number of carbonyl (C=O) groups is 1. The van der Waals surface area contributed by atoms with Crippen molar-refractivity contribution in [1.82, 2.24) is 19.7 Å². The Labute approximate surface area is 209 Å². The Hall–Kier alpha value is -3.52. The van der Waals surface area contributed by atoms with Gasteiger partial charge < -0.3 is 0 Å². The Morgan fingerprint density at radius 2 is 1.74 bits per heavy atom. The first-order valence-corrected chi connectivity index (χ1v) is 11.9. The summed E-state index contributed by atoms with van der Waals surface area (Å²) in [6, 6.07) is 18.4. The van der Waals surface area contributed by atoms with Crippen molar-refractivity contribution in [2.45, 2.75) is 6.92 Å². The van der Waals surface area contributed by atoms with Crippen LogP contribution in [0.25, 0.3) is 28.3 Å². The van der Waals surface area contributed by atoms with E-state index in [0.29, 0.717) is 43.4 Å². The lowest BCUT2D eigenvalue weighted by atomic mass is 10.1. The summed E-state index contributed by atoms with van der Waals surface area (Å²) >= 11 is 14.2. The highest BCUT2D eigenvalue weighted by molar-refractivity contribution is 7.14. The number of benzene rings is 2. The van der Waals surface area contributed by atoms with Crippen molar-refractivity contribution >= 4 is 45.6 Å². The largest absolute Gasteiger partial charge is 0.298 e. The number of anilines is 1. The molecule has 5 aromatic rings. The van der Waals surface area contributed by atoms with Gasteiger partial charge in [0.1, 0.15) is 11.4 Å². The minimum Gasteiger partial charge on any atom is -0.298 e. The highest BCUT2D eigenvalue weighted by Crippen LogP contribution is 2.32. The molecular formula is C25H17Cl2N5OS. The lowest BCUT2D eigenvalue weighted by Gasteiger charge is -2.05. The number of rotatable bonds is 5. The third kappa shape index (κ3) is 4.33. The molecule has 0 atom stereocenters. The maximum atomic E-state index is 13.4. The average molecular weight is 506 g/mol. The molecule has 0 fully saturated rings. The van der Waals surface area contributed by atoms with Crippen LogP contribution in [0, 0.1) is 6.92 Å². The number of aromatic nitrogens is 4. The van der Waals surface area contributed by atoms with Crippen molar-refractivity contribution in [2.24, 2.45) is 0 Å². The maximum Gasteiger partial charge on any atom is 0.261 e. The predicted octanol–water partition coefficient (Wildman–Crippen LogP) is 6.93. The number of nitrogens with zero attached hydrogens (tertiary/aromatic N) is 4. The normalized spacial score (nSPS) is 10.9. The quantitative estimate of drug-likeness (QED) is 0.281. The molecule has 0 bridgehead atoms. The van der Waals surface area contributed by atoms with E-state index in [1.165, 1.54) is 11.3 Å². The van der Waals surface area contributed by atoms with Gasteiger partial charge in [-0.05, 0) is 36.8 Å². The van der Waals surface area contributed by atoms with Gasteiger partial charge in [0.15, 0.2) is 5.13 Å². The highest BCUT2D eigenvalue weighted by atomic mass is 35.5. The van der Waals surface area contributed by atoms with E-state index in [4.69, 9.17) is 23.2 Å². The third-order valence-electron chi connectivity index (χ3n) is 5.16. The molecule has 2 aromatic carbocycles. The average Bonchev–Trinajstić information content (AvgIpc) is 3.48. The highest BCUT2D eigenvalue weighted by Gasteiger charge is 2.22. The van der Waals surface area contributed by atoms with Crippen LogP contribution in [0.1, 0.15) is 15.9 Å². The van der Waals surface area contributed by atoms with Gasteiger partial charge in [0, 0.05) is 23.3 Å². The van der Waals surface area contributed by atoms with Crippen LogP contribution in [0.5, 0.6) is 0 Å². The van der Waals surface area contributed by atoms with Crippen molar-refractivity contribution in [3.05, 3.63) is 99.6 Å². The van der Waals surface area contributed by atoms with Gasteiger partial charge in [-0.1, -0.05) is 59.6 Å². The van der Waals surface area contributed by atoms with E-state index in [9.17, 15) is 4.79 Å². The van der Waals surface area contributed by atoms with Gasteiger partial charge in [-0.15, -0.1) is 11.3 Å². The van der Waals surface area contributed by atoms with Crippen LogP contribution in [-0.4, -0.2) is 25.7 Å². The third-order valence-corrected chi connectivity index (χ3v) is 6.57. The van der Waals surface area contributed by atoms with E-state index in [0.717, 1.165) is 11.3 Å². The first-order valence-electron chi connectivity index (χ1n) is 10.3. The van der Waals surface area contributed by atoms with Crippen LogP contribution in [0.2, 0.25) is 10.0 Å². The number of thiazole rings is 1. The molecule has 0 aliphatic rings. The Bertz CT molecular complexity index is 1510. The number of para-hydroxylation sites is 1. The molecule has 6 nitrogen and oxygen atoms in total. The van der Waals surface area contributed by atoms with Crippen LogP contribution in [-0.2, 0) is 0 Å². The Morgan fingerprint density at radius 3 is 2.50 bits per heavy atom. The summed E-state index contributed by atoms with van der Waals surface area (Å²) in [4.78, 5) is 22.3.